The smallest absolute Gasteiger partial charge is 0.456 e. The fourth-order valence-corrected chi connectivity index (χ4v) is 10.1. The molecule has 0 aliphatic carbocycles. The molecule has 1 amide bonds. The fraction of sp³-hybridized carbons (Fsp3) is 0.703. The number of hydrogen-bond donors (Lipinski definition) is 2. The molecule has 0 aliphatic rings. The number of esters is 1. The number of hydrogen-bond acceptors (Lipinski definition) is 6. The van der Waals surface area contributed by atoms with E-state index in [0.717, 1.165) is 135 Å². The first-order valence-electron chi connectivity index (χ1n) is 34.4. The lowest BCUT2D eigenvalue weighted by Crippen LogP contribution is -2.47. The van der Waals surface area contributed by atoms with Crippen LogP contribution in [-0.2, 0) is 27.9 Å². The third-order valence-electron chi connectivity index (χ3n) is 14.6. The van der Waals surface area contributed by atoms with Gasteiger partial charge in [-0.15, -0.1) is 0 Å². The second kappa shape index (κ2) is 62.5. The minimum absolute atomic E-state index is 0.0297. The molecule has 84 heavy (non-hydrogen) atoms. The minimum atomic E-state index is -4.47. The van der Waals surface area contributed by atoms with Crippen molar-refractivity contribution in [2.45, 2.75) is 296 Å². The molecule has 3 unspecified atom stereocenters. The zero-order valence-corrected chi connectivity index (χ0v) is 56.0. The average molecular weight is 1190 g/mol. The number of quaternary nitrogens is 1. The molecule has 0 fully saturated rings. The van der Waals surface area contributed by atoms with E-state index in [9.17, 15) is 19.0 Å². The minimum Gasteiger partial charge on any atom is -0.456 e. The molecule has 9 nitrogen and oxygen atoms in total. The molecule has 0 heterocycles. The number of carbonyl (C=O) groups excluding carboxylic acids is 2. The lowest BCUT2D eigenvalue weighted by molar-refractivity contribution is -0.870. The van der Waals surface area contributed by atoms with Gasteiger partial charge in [0.05, 0.1) is 33.8 Å². The van der Waals surface area contributed by atoms with Gasteiger partial charge in [0.15, 0.2) is 0 Å². The Bertz CT molecular complexity index is 1850. The Kier molecular flexibility index (Phi) is 59.8. The topological polar surface area (TPSA) is 111 Å². The number of carbonyl (C=O) groups is 2. The molecule has 0 aromatic rings. The van der Waals surface area contributed by atoms with E-state index in [0.29, 0.717) is 17.4 Å². The summed E-state index contributed by atoms with van der Waals surface area (Å²) in [6.45, 7) is 6.86. The highest BCUT2D eigenvalue weighted by Crippen LogP contribution is 2.43. The van der Waals surface area contributed by atoms with Gasteiger partial charge in [-0.1, -0.05) is 271 Å². The van der Waals surface area contributed by atoms with E-state index in [1.807, 2.05) is 33.3 Å². The maximum Gasteiger partial charge on any atom is 0.472 e. The predicted octanol–water partition coefficient (Wildman–Crippen LogP) is 21.8. The van der Waals surface area contributed by atoms with Gasteiger partial charge in [-0.25, -0.2) is 4.57 Å². The molecule has 0 rings (SSSR count). The SMILES string of the molecule is CC/C=C\C/C=C\C/C=C\C/C=C\C/C=C\CCCCCCCCCC(=O)NC(COP(=O)(O)OCC[N+](C)(C)C)C(/C=C/CCCCCCCCCCCC)OC(=O)CCCCCCCCC/C=C\C/C=C\C/C=C\C/C=C\CCCCC. The summed E-state index contributed by atoms with van der Waals surface area (Å²) >= 11 is 0. The molecule has 2 N–H and O–H groups in total. The third-order valence-corrected chi connectivity index (χ3v) is 15.6. The number of phosphoric ester groups is 1. The van der Waals surface area contributed by atoms with Gasteiger partial charge in [0.2, 0.25) is 5.91 Å². The number of rotatable bonds is 61. The van der Waals surface area contributed by atoms with Gasteiger partial charge in [-0.3, -0.25) is 18.6 Å². The molecule has 0 saturated carbocycles. The van der Waals surface area contributed by atoms with Crippen molar-refractivity contribution < 1.29 is 37.3 Å². The summed E-state index contributed by atoms with van der Waals surface area (Å²) in [5.74, 6) is -0.534. The zero-order valence-electron chi connectivity index (χ0n) is 55.1. The Labute approximate surface area is 518 Å². The Morgan fingerprint density at radius 1 is 0.429 bits per heavy atom. The van der Waals surface area contributed by atoms with Gasteiger partial charge in [0.1, 0.15) is 19.3 Å². The molecule has 0 radical (unpaired) electrons. The lowest BCUT2D eigenvalue weighted by Gasteiger charge is -2.27. The standard InChI is InChI=1S/C74H129N2O7P/c1-7-10-13-16-19-22-25-28-30-32-34-36-38-40-42-44-46-48-51-54-57-60-63-66-73(77)75-71(70-82-84(79,80)81-69-68-76(4,5)6)72(65-62-59-56-53-50-27-24-21-18-15-12-9-3)83-74(78)67-64-61-58-55-52-49-47-45-43-41-39-37-35-33-31-29-26-23-20-17-14-11-8-2/h10,13,19-20,22-23,28-31,34-37,40-43,62,65,71-72H,7-9,11-12,14-18,21,24-27,32-33,38-39,44-61,63-64,66-70H2,1-6H3,(H-,75,77,79,80)/p+1/b13-10-,22-19-,23-20-,30-28-,31-29-,36-34-,37-35-,42-40-,43-41-,65-62+. The van der Waals surface area contributed by atoms with E-state index in [-0.39, 0.29) is 31.5 Å². The molecule has 3 atom stereocenters. The Hall–Kier alpha value is -3.59. The normalized spacial score (nSPS) is 14.3. The number of allylic oxidation sites excluding steroid dienone is 19. The molecule has 10 heteroatoms. The van der Waals surface area contributed by atoms with E-state index in [1.54, 1.807) is 0 Å². The third kappa shape index (κ3) is 62.9. The van der Waals surface area contributed by atoms with Crippen molar-refractivity contribution in [1.29, 1.82) is 0 Å². The summed E-state index contributed by atoms with van der Waals surface area (Å²) in [5, 5.41) is 3.06. The monoisotopic (exact) mass is 1190 g/mol. The Balaban J connectivity index is 5.19. The summed E-state index contributed by atoms with van der Waals surface area (Å²) in [7, 11) is 1.47. The Morgan fingerprint density at radius 3 is 1.17 bits per heavy atom. The van der Waals surface area contributed by atoms with Crippen molar-refractivity contribution >= 4 is 19.7 Å². The van der Waals surface area contributed by atoms with Crippen LogP contribution in [0, 0.1) is 0 Å². The summed E-state index contributed by atoms with van der Waals surface area (Å²) in [4.78, 5) is 37.9. The molecule has 0 spiro atoms. The summed E-state index contributed by atoms with van der Waals surface area (Å²) in [6.07, 6.45) is 87.7. The van der Waals surface area contributed by atoms with Crippen molar-refractivity contribution in [2.24, 2.45) is 0 Å². The molecule has 0 bridgehead atoms. The van der Waals surface area contributed by atoms with E-state index >= 15 is 0 Å². The van der Waals surface area contributed by atoms with Crippen LogP contribution >= 0.6 is 7.82 Å². The van der Waals surface area contributed by atoms with Crippen LogP contribution in [0.1, 0.15) is 284 Å². The lowest BCUT2D eigenvalue weighted by atomic mass is 10.0. The maximum absolute atomic E-state index is 13.6. The second-order valence-electron chi connectivity index (χ2n) is 24.0. The fourth-order valence-electron chi connectivity index (χ4n) is 9.36. The molecular formula is C74H130N2O7P+. The highest BCUT2D eigenvalue weighted by atomic mass is 31.2. The van der Waals surface area contributed by atoms with Gasteiger partial charge >= 0.3 is 13.8 Å². The summed E-state index contributed by atoms with van der Waals surface area (Å²) < 4.78 is 30.8. The highest BCUT2D eigenvalue weighted by Gasteiger charge is 2.30. The van der Waals surface area contributed by atoms with Crippen LogP contribution < -0.4 is 5.32 Å². The van der Waals surface area contributed by atoms with E-state index < -0.39 is 20.0 Å². The van der Waals surface area contributed by atoms with Crippen LogP contribution in [0.4, 0.5) is 0 Å². The predicted molar refractivity (Wildman–Crippen MR) is 364 cm³/mol. The zero-order chi connectivity index (χ0) is 61.4. The number of unbranched alkanes of at least 4 members (excludes halogenated alkanes) is 27. The van der Waals surface area contributed by atoms with Crippen LogP contribution in [0.25, 0.3) is 0 Å². The summed E-state index contributed by atoms with van der Waals surface area (Å²) in [5.41, 5.74) is 0. The van der Waals surface area contributed by atoms with Crippen LogP contribution in [0.2, 0.25) is 0 Å². The van der Waals surface area contributed by atoms with Gasteiger partial charge in [-0.05, 0) is 122 Å². The number of phosphoric acid groups is 1. The molecular weight excluding hydrogens is 1060 g/mol. The van der Waals surface area contributed by atoms with E-state index in [2.05, 4.69) is 135 Å². The number of nitrogens with one attached hydrogen (secondary N) is 1. The molecule has 482 valence electrons. The van der Waals surface area contributed by atoms with Crippen LogP contribution in [-0.4, -0.2) is 74.3 Å². The largest absolute Gasteiger partial charge is 0.472 e. The van der Waals surface area contributed by atoms with Crippen molar-refractivity contribution in [2.75, 3.05) is 40.9 Å². The van der Waals surface area contributed by atoms with Crippen LogP contribution in [0.3, 0.4) is 0 Å². The first-order chi connectivity index (χ1) is 40.9. The number of amides is 1. The summed E-state index contributed by atoms with van der Waals surface area (Å²) in [6, 6.07) is -0.869. The van der Waals surface area contributed by atoms with Gasteiger partial charge in [0, 0.05) is 12.8 Å². The first kappa shape index (κ1) is 80.4. The molecule has 0 aliphatic heterocycles. The van der Waals surface area contributed by atoms with Crippen molar-refractivity contribution in [3.63, 3.8) is 0 Å². The maximum atomic E-state index is 13.6. The quantitative estimate of drug-likeness (QED) is 0.0205. The van der Waals surface area contributed by atoms with Crippen molar-refractivity contribution in [3.05, 3.63) is 122 Å². The average Bonchev–Trinajstić information content (AvgIpc) is 3.64. The first-order valence-corrected chi connectivity index (χ1v) is 35.9. The molecule has 0 aromatic carbocycles. The number of nitrogens with zero attached hydrogens (tertiary/aromatic N) is 1. The number of likely N-dealkylation sites (N-methyl/N-ethyl adjacent to an activating group) is 1. The van der Waals surface area contributed by atoms with Gasteiger partial charge in [0.25, 0.3) is 0 Å². The van der Waals surface area contributed by atoms with Crippen molar-refractivity contribution in [1.82, 2.24) is 5.32 Å². The van der Waals surface area contributed by atoms with E-state index in [4.69, 9.17) is 13.8 Å². The van der Waals surface area contributed by atoms with Gasteiger partial charge < -0.3 is 19.4 Å². The molecule has 0 saturated heterocycles. The highest BCUT2D eigenvalue weighted by molar-refractivity contribution is 7.47. The number of ether oxygens (including phenoxy) is 1. The molecule has 0 aromatic heterocycles. The van der Waals surface area contributed by atoms with E-state index in [1.165, 1.54) is 116 Å². The van der Waals surface area contributed by atoms with Crippen molar-refractivity contribution in [3.8, 4) is 0 Å². The second-order valence-corrected chi connectivity index (χ2v) is 25.4. The Morgan fingerprint density at radius 2 is 0.762 bits per heavy atom. The van der Waals surface area contributed by atoms with Crippen LogP contribution in [0.15, 0.2) is 122 Å². The van der Waals surface area contributed by atoms with Gasteiger partial charge in [-0.2, -0.15) is 0 Å². The van der Waals surface area contributed by atoms with Crippen LogP contribution in [0.5, 0.6) is 0 Å².